The Kier molecular flexibility index (Phi) is 13.4. The van der Waals surface area contributed by atoms with Crippen molar-refractivity contribution in [3.63, 3.8) is 0 Å². The molecule has 15 nitrogen and oxygen atoms in total. The number of methoxy groups -OCH3 is 1. The average molecular weight is 764 g/mol. The number of carbonyl (C=O) groups is 1. The molecule has 0 bridgehead atoms. The predicted molar refractivity (Wildman–Crippen MR) is 218 cm³/mol. The van der Waals surface area contributed by atoms with Crippen LogP contribution in [0.4, 0.5) is 5.82 Å². The SMILES string of the molecule is COC(=O)c1cn(CC(CC(C)C)NCC(CC(C)C)n2cc(CCCNCC(C)(C)CNc3nn4c(-c5ccccc5)nnc4cc3C3=CC=C3)nn2)nn1. The number of nitrogens with zero attached hydrogens (tertiary/aromatic N) is 10. The van der Waals surface area contributed by atoms with E-state index in [9.17, 15) is 4.79 Å². The van der Waals surface area contributed by atoms with Crippen molar-refractivity contribution in [3.05, 3.63) is 84.0 Å². The predicted octanol–water partition coefficient (Wildman–Crippen LogP) is 5.67. The Labute approximate surface area is 329 Å². The summed E-state index contributed by atoms with van der Waals surface area (Å²) in [7, 11) is 1.34. The van der Waals surface area contributed by atoms with Crippen LogP contribution in [0, 0.1) is 17.3 Å². The Bertz CT molecular complexity index is 2090. The van der Waals surface area contributed by atoms with Crippen molar-refractivity contribution < 1.29 is 9.53 Å². The Hall–Kier alpha value is -5.28. The molecule has 0 radical (unpaired) electrons. The third-order valence-electron chi connectivity index (χ3n) is 9.83. The van der Waals surface area contributed by atoms with Crippen LogP contribution in [0.2, 0.25) is 0 Å². The first kappa shape index (κ1) is 40.4. The van der Waals surface area contributed by atoms with Gasteiger partial charge in [0.1, 0.15) is 0 Å². The van der Waals surface area contributed by atoms with E-state index in [-0.39, 0.29) is 23.2 Å². The minimum atomic E-state index is -0.487. The lowest BCUT2D eigenvalue weighted by atomic mass is 9.93. The van der Waals surface area contributed by atoms with Gasteiger partial charge in [0, 0.05) is 43.0 Å². The van der Waals surface area contributed by atoms with E-state index in [0.717, 1.165) is 80.1 Å². The van der Waals surface area contributed by atoms with Crippen LogP contribution >= 0.6 is 0 Å². The third-order valence-corrected chi connectivity index (χ3v) is 9.83. The van der Waals surface area contributed by atoms with Gasteiger partial charge in [-0.25, -0.2) is 9.48 Å². The van der Waals surface area contributed by atoms with Gasteiger partial charge in [-0.1, -0.05) is 101 Å². The molecule has 56 heavy (non-hydrogen) atoms. The van der Waals surface area contributed by atoms with Crippen molar-refractivity contribution in [2.24, 2.45) is 17.3 Å². The lowest BCUT2D eigenvalue weighted by Crippen LogP contribution is -2.39. The van der Waals surface area contributed by atoms with Crippen LogP contribution in [0.15, 0.2) is 67.0 Å². The van der Waals surface area contributed by atoms with Crippen LogP contribution in [0.25, 0.3) is 22.6 Å². The van der Waals surface area contributed by atoms with Gasteiger partial charge in [0.15, 0.2) is 23.0 Å². The Morgan fingerprint density at radius 3 is 2.45 bits per heavy atom. The molecular formula is C41H57N13O2. The largest absolute Gasteiger partial charge is 0.464 e. The number of rotatable bonds is 22. The molecule has 0 spiro atoms. The number of ether oxygens (including phenoxy) is 1. The first-order valence-electron chi connectivity index (χ1n) is 19.8. The van der Waals surface area contributed by atoms with E-state index in [0.29, 0.717) is 29.9 Å². The highest BCUT2D eigenvalue weighted by atomic mass is 16.5. The number of allylic oxidation sites excluding steroid dienone is 4. The van der Waals surface area contributed by atoms with E-state index < -0.39 is 5.97 Å². The summed E-state index contributed by atoms with van der Waals surface area (Å²) in [5.74, 6) is 2.01. The van der Waals surface area contributed by atoms with Gasteiger partial charge in [0.2, 0.25) is 0 Å². The van der Waals surface area contributed by atoms with Gasteiger partial charge in [0.05, 0.1) is 31.6 Å². The number of hydrogen-bond acceptors (Lipinski definition) is 12. The monoisotopic (exact) mass is 763 g/mol. The number of carbonyl (C=O) groups excluding carboxylic acids is 1. The fourth-order valence-corrected chi connectivity index (χ4v) is 6.87. The fraction of sp³-hybridized carbons (Fsp3) is 0.512. The normalized spacial score (nSPS) is 14.0. The molecule has 0 amide bonds. The molecule has 4 aromatic heterocycles. The van der Waals surface area contributed by atoms with E-state index in [1.54, 1.807) is 10.9 Å². The highest BCUT2D eigenvalue weighted by Crippen LogP contribution is 2.30. The number of nitrogens with one attached hydrogen (secondary N) is 3. The second-order valence-electron chi connectivity index (χ2n) is 16.4. The summed E-state index contributed by atoms with van der Waals surface area (Å²) in [6.45, 7) is 17.2. The maximum Gasteiger partial charge on any atom is 0.360 e. The first-order valence-corrected chi connectivity index (χ1v) is 19.8. The summed E-state index contributed by atoms with van der Waals surface area (Å²) in [4.78, 5) is 11.9. The fourth-order valence-electron chi connectivity index (χ4n) is 6.87. The second kappa shape index (κ2) is 18.6. The van der Waals surface area contributed by atoms with Crippen LogP contribution in [-0.4, -0.2) is 95.1 Å². The second-order valence-corrected chi connectivity index (χ2v) is 16.4. The van der Waals surface area contributed by atoms with Gasteiger partial charge in [-0.15, -0.1) is 25.5 Å². The minimum absolute atomic E-state index is 0.0433. The van der Waals surface area contributed by atoms with Gasteiger partial charge in [-0.05, 0) is 61.1 Å². The molecule has 298 valence electrons. The molecule has 6 rings (SSSR count). The lowest BCUT2D eigenvalue weighted by Gasteiger charge is -2.26. The topological polar surface area (TPSA) is 167 Å². The van der Waals surface area contributed by atoms with Gasteiger partial charge in [-0.2, -0.15) is 4.52 Å². The molecule has 5 aromatic rings. The average Bonchev–Trinajstić information content (AvgIpc) is 3.91. The minimum Gasteiger partial charge on any atom is -0.464 e. The van der Waals surface area contributed by atoms with Crippen molar-refractivity contribution in [1.29, 1.82) is 0 Å². The molecule has 15 heteroatoms. The standard InChI is InChI=1S/C41H57N13O2/c1-28(2)19-33(23-52-25-36(46-50-52)40(55)56-7)43-22-34(20-29(3)4)53-24-32(45-51-53)17-12-18-42-26-41(5,6)27-44-38-35(30-15-11-16-30)21-37-47-48-39(54(37)49-38)31-13-9-8-10-14-31/h8-11,13-16,21,24-25,28-29,33-34,42-43H,12,17-20,22-23,26-27H2,1-7H3,(H,44,49). The molecule has 2 atom stereocenters. The molecule has 0 aliphatic heterocycles. The summed E-state index contributed by atoms with van der Waals surface area (Å²) >= 11 is 0. The quantitative estimate of drug-likeness (QED) is 0.0585. The molecule has 4 heterocycles. The molecule has 0 saturated heterocycles. The van der Waals surface area contributed by atoms with Gasteiger partial charge >= 0.3 is 5.97 Å². The summed E-state index contributed by atoms with van der Waals surface area (Å²) in [6, 6.07) is 12.4. The number of anilines is 1. The smallest absolute Gasteiger partial charge is 0.360 e. The summed E-state index contributed by atoms with van der Waals surface area (Å²) in [5, 5.41) is 42.2. The van der Waals surface area contributed by atoms with Crippen LogP contribution in [0.5, 0.6) is 0 Å². The number of esters is 1. The van der Waals surface area contributed by atoms with Gasteiger partial charge in [-0.3, -0.25) is 4.68 Å². The van der Waals surface area contributed by atoms with E-state index in [4.69, 9.17) is 9.84 Å². The highest BCUT2D eigenvalue weighted by molar-refractivity contribution is 5.87. The molecule has 1 aliphatic rings. The van der Waals surface area contributed by atoms with E-state index in [1.807, 2.05) is 45.6 Å². The highest BCUT2D eigenvalue weighted by Gasteiger charge is 2.23. The van der Waals surface area contributed by atoms with Crippen molar-refractivity contribution >= 4 is 23.0 Å². The molecule has 1 aromatic carbocycles. The maximum atomic E-state index is 11.9. The van der Waals surface area contributed by atoms with Gasteiger partial charge < -0.3 is 20.7 Å². The van der Waals surface area contributed by atoms with Crippen molar-refractivity contribution in [1.82, 2.24) is 60.4 Å². The maximum absolute atomic E-state index is 11.9. The van der Waals surface area contributed by atoms with Crippen molar-refractivity contribution in [3.8, 4) is 11.4 Å². The number of aromatic nitrogens is 10. The molecule has 3 N–H and O–H groups in total. The zero-order chi connectivity index (χ0) is 39.7. The van der Waals surface area contributed by atoms with E-state index in [2.05, 4.69) is 113 Å². The summed E-state index contributed by atoms with van der Waals surface area (Å²) in [5.41, 5.74) is 4.99. The van der Waals surface area contributed by atoms with E-state index in [1.165, 1.54) is 7.11 Å². The van der Waals surface area contributed by atoms with E-state index >= 15 is 0 Å². The molecular weight excluding hydrogens is 707 g/mol. The Morgan fingerprint density at radius 1 is 0.946 bits per heavy atom. The summed E-state index contributed by atoms with van der Waals surface area (Å²) in [6.07, 6.45) is 13.7. The zero-order valence-electron chi connectivity index (χ0n) is 33.8. The van der Waals surface area contributed by atoms with Gasteiger partial charge in [0.25, 0.3) is 0 Å². The lowest BCUT2D eigenvalue weighted by molar-refractivity contribution is 0.0594. The van der Waals surface area contributed by atoms with Crippen molar-refractivity contribution in [2.45, 2.75) is 85.9 Å². The Balaban J connectivity index is 0.992. The Morgan fingerprint density at radius 2 is 1.73 bits per heavy atom. The van der Waals surface area contributed by atoms with Crippen LogP contribution in [0.1, 0.15) is 88.6 Å². The molecule has 1 aliphatic carbocycles. The molecule has 0 saturated carbocycles. The number of fused-ring (bicyclic) bond motifs is 1. The van der Waals surface area contributed by atoms with Crippen LogP contribution in [0.3, 0.4) is 0 Å². The van der Waals surface area contributed by atoms with Crippen LogP contribution in [-0.2, 0) is 17.7 Å². The number of benzene rings is 1. The zero-order valence-corrected chi connectivity index (χ0v) is 33.8. The third kappa shape index (κ3) is 10.7. The number of aryl methyl sites for hydroxylation is 1. The van der Waals surface area contributed by atoms with Crippen LogP contribution < -0.4 is 16.0 Å². The number of hydrogen-bond donors (Lipinski definition) is 3. The molecule has 0 fully saturated rings. The molecule has 2 unspecified atom stereocenters. The van der Waals surface area contributed by atoms with Crippen molar-refractivity contribution in [2.75, 3.05) is 38.6 Å². The summed E-state index contributed by atoms with van der Waals surface area (Å²) < 4.78 is 10.4. The first-order chi connectivity index (χ1) is 27.0.